The predicted octanol–water partition coefficient (Wildman–Crippen LogP) is 21.3. The molecule has 0 aliphatic heterocycles. The molecule has 0 fully saturated rings. The fraction of sp³-hybridized carbons (Fsp3) is 0.945. The van der Waals surface area contributed by atoms with Gasteiger partial charge >= 0.3 is 39.5 Å². The SMILES string of the molecule is CCCCCCCCCCCCCCCCC(=O)OC[C@H](COP(=O)(O)OC[C@@H](O)COP(=O)(O)OC[C@@H](COC(=O)CCCCCCCCCCC)OC(=O)CCCCCCCCCCCCCCCC)OC(=O)CCCCCCCCCCCCCCC(C)C. The Morgan fingerprint density at radius 2 is 0.500 bits per heavy atom. The van der Waals surface area contributed by atoms with Crippen molar-refractivity contribution in [2.75, 3.05) is 39.6 Å². The molecule has 0 amide bonds. The summed E-state index contributed by atoms with van der Waals surface area (Å²) in [4.78, 5) is 72.7. The quantitative estimate of drug-likeness (QED) is 0.0222. The first kappa shape index (κ1) is 90.1. The second kappa shape index (κ2) is 66.3. The van der Waals surface area contributed by atoms with Gasteiger partial charge < -0.3 is 33.8 Å². The normalized spacial score (nSPS) is 14.0. The maximum atomic E-state index is 13.1. The summed E-state index contributed by atoms with van der Waals surface area (Å²) in [6.07, 6.45) is 53.9. The predicted molar refractivity (Wildman–Crippen MR) is 372 cm³/mol. The number of carbonyl (C=O) groups is 4. The number of esters is 4. The van der Waals surface area contributed by atoms with E-state index in [2.05, 4.69) is 34.6 Å². The molecular formula is C73H142O17P2. The number of rotatable bonds is 73. The largest absolute Gasteiger partial charge is 0.472 e. The van der Waals surface area contributed by atoms with E-state index in [0.717, 1.165) is 95.8 Å². The van der Waals surface area contributed by atoms with Crippen LogP contribution in [0.25, 0.3) is 0 Å². The van der Waals surface area contributed by atoms with E-state index in [0.29, 0.717) is 25.7 Å². The van der Waals surface area contributed by atoms with Gasteiger partial charge in [-0.05, 0) is 31.6 Å². The summed E-state index contributed by atoms with van der Waals surface area (Å²) in [5, 5.41) is 10.6. The average Bonchev–Trinajstić information content (AvgIpc) is 3.21. The second-order valence-electron chi connectivity index (χ2n) is 26.8. The van der Waals surface area contributed by atoms with Crippen molar-refractivity contribution in [2.24, 2.45) is 5.92 Å². The Morgan fingerprint density at radius 3 is 0.739 bits per heavy atom. The zero-order chi connectivity index (χ0) is 67.7. The van der Waals surface area contributed by atoms with Gasteiger partial charge in [0.1, 0.15) is 19.3 Å². The number of hydrogen-bond acceptors (Lipinski definition) is 15. The minimum absolute atomic E-state index is 0.108. The standard InChI is InChI=1S/C73H142O17P2/c1-6-9-12-15-18-21-23-25-27-32-37-42-47-52-57-71(76)84-63-69(90-73(78)59-54-49-44-39-34-30-29-31-36-40-45-50-55-66(4)5)65-88-92(81,82)86-61-67(74)60-85-91(79,80)87-64-68(62-83-70(75)56-51-46-41-35-20-17-14-11-8-3)89-72(77)58-53-48-43-38-33-28-26-24-22-19-16-13-10-7-2/h66-69,74H,6-65H2,1-5H3,(H,79,80)(H,81,82)/t67-,68+,69+/m0/s1. The van der Waals surface area contributed by atoms with E-state index in [9.17, 15) is 43.2 Å². The van der Waals surface area contributed by atoms with Gasteiger partial charge in [-0.25, -0.2) is 9.13 Å². The maximum absolute atomic E-state index is 13.1. The summed E-state index contributed by atoms with van der Waals surface area (Å²) in [7, 11) is -9.90. The van der Waals surface area contributed by atoms with E-state index >= 15 is 0 Å². The van der Waals surface area contributed by atoms with Gasteiger partial charge in [-0.15, -0.1) is 0 Å². The van der Waals surface area contributed by atoms with E-state index in [1.165, 1.54) is 205 Å². The Hall–Kier alpha value is -1.94. The third-order valence-electron chi connectivity index (χ3n) is 17.0. The molecule has 0 radical (unpaired) electrons. The zero-order valence-corrected chi connectivity index (χ0v) is 61.5. The van der Waals surface area contributed by atoms with Crippen molar-refractivity contribution < 1.29 is 80.2 Å². The lowest BCUT2D eigenvalue weighted by Gasteiger charge is -2.21. The van der Waals surface area contributed by atoms with Crippen molar-refractivity contribution >= 4 is 39.5 Å². The van der Waals surface area contributed by atoms with Crippen LogP contribution in [0.2, 0.25) is 0 Å². The summed E-state index contributed by atoms with van der Waals surface area (Å²) in [6.45, 7) is 7.28. The highest BCUT2D eigenvalue weighted by Crippen LogP contribution is 2.45. The molecule has 0 aromatic rings. The van der Waals surface area contributed by atoms with E-state index in [1.54, 1.807) is 0 Å². The molecule has 0 aliphatic rings. The van der Waals surface area contributed by atoms with Crippen LogP contribution >= 0.6 is 15.6 Å². The van der Waals surface area contributed by atoms with Crippen LogP contribution in [0.3, 0.4) is 0 Å². The third-order valence-corrected chi connectivity index (χ3v) is 18.9. The topological polar surface area (TPSA) is 237 Å². The summed E-state index contributed by atoms with van der Waals surface area (Å²) in [5.41, 5.74) is 0. The number of ether oxygens (including phenoxy) is 4. The van der Waals surface area contributed by atoms with Crippen molar-refractivity contribution in [3.8, 4) is 0 Å². The van der Waals surface area contributed by atoms with Crippen LogP contribution in [0.1, 0.15) is 381 Å². The van der Waals surface area contributed by atoms with Crippen LogP contribution < -0.4 is 0 Å². The van der Waals surface area contributed by atoms with Crippen molar-refractivity contribution in [3.63, 3.8) is 0 Å². The number of unbranched alkanes of at least 4 members (excludes halogenated alkanes) is 45. The molecule has 546 valence electrons. The van der Waals surface area contributed by atoms with Gasteiger partial charge in [0.15, 0.2) is 12.2 Å². The average molecular weight is 1350 g/mol. The number of aliphatic hydroxyl groups is 1. The molecule has 0 saturated heterocycles. The van der Waals surface area contributed by atoms with Crippen LogP contribution in [-0.4, -0.2) is 96.7 Å². The summed E-state index contributed by atoms with van der Waals surface area (Å²) >= 11 is 0. The van der Waals surface area contributed by atoms with E-state index in [4.69, 9.17) is 37.0 Å². The molecule has 5 atom stereocenters. The lowest BCUT2D eigenvalue weighted by molar-refractivity contribution is -0.161. The Kier molecular flexibility index (Phi) is 64.9. The molecule has 0 aromatic heterocycles. The molecule has 19 heteroatoms. The minimum Gasteiger partial charge on any atom is -0.462 e. The fourth-order valence-corrected chi connectivity index (χ4v) is 12.8. The molecule has 0 rings (SSSR count). The number of carbonyl (C=O) groups excluding carboxylic acids is 4. The molecular weight excluding hydrogens is 1210 g/mol. The van der Waals surface area contributed by atoms with Crippen LogP contribution in [0.5, 0.6) is 0 Å². The number of aliphatic hydroxyl groups excluding tert-OH is 1. The first-order valence-corrected chi connectivity index (χ1v) is 41.1. The summed E-state index contributed by atoms with van der Waals surface area (Å²) in [5.74, 6) is -1.34. The first-order valence-electron chi connectivity index (χ1n) is 38.1. The van der Waals surface area contributed by atoms with Gasteiger partial charge in [-0.3, -0.25) is 37.3 Å². The molecule has 0 aromatic carbocycles. The first-order chi connectivity index (χ1) is 44.5. The van der Waals surface area contributed by atoms with Crippen molar-refractivity contribution in [1.29, 1.82) is 0 Å². The monoisotopic (exact) mass is 1350 g/mol. The molecule has 2 unspecified atom stereocenters. The summed E-state index contributed by atoms with van der Waals surface area (Å²) in [6, 6.07) is 0. The molecule has 0 bridgehead atoms. The highest BCUT2D eigenvalue weighted by molar-refractivity contribution is 7.47. The van der Waals surface area contributed by atoms with Crippen LogP contribution in [0.4, 0.5) is 0 Å². The Morgan fingerprint density at radius 1 is 0.293 bits per heavy atom. The lowest BCUT2D eigenvalue weighted by Crippen LogP contribution is -2.30. The molecule has 3 N–H and O–H groups in total. The van der Waals surface area contributed by atoms with E-state index < -0.39 is 97.5 Å². The van der Waals surface area contributed by atoms with Gasteiger partial charge in [-0.1, -0.05) is 330 Å². The van der Waals surface area contributed by atoms with E-state index in [1.807, 2.05) is 0 Å². The second-order valence-corrected chi connectivity index (χ2v) is 29.7. The van der Waals surface area contributed by atoms with Gasteiger partial charge in [-0.2, -0.15) is 0 Å². The Balaban J connectivity index is 5.24. The number of phosphoric ester groups is 2. The lowest BCUT2D eigenvalue weighted by atomic mass is 10.0. The molecule has 17 nitrogen and oxygen atoms in total. The fourth-order valence-electron chi connectivity index (χ4n) is 11.2. The molecule has 0 heterocycles. The van der Waals surface area contributed by atoms with Gasteiger partial charge in [0.05, 0.1) is 26.4 Å². The molecule has 92 heavy (non-hydrogen) atoms. The highest BCUT2D eigenvalue weighted by atomic mass is 31.2. The zero-order valence-electron chi connectivity index (χ0n) is 59.7. The number of phosphoric acid groups is 2. The van der Waals surface area contributed by atoms with Crippen molar-refractivity contribution in [2.45, 2.75) is 400 Å². The minimum atomic E-state index is -4.95. The van der Waals surface area contributed by atoms with Crippen LogP contribution in [0.15, 0.2) is 0 Å². The molecule has 0 aliphatic carbocycles. The van der Waals surface area contributed by atoms with Crippen LogP contribution in [-0.2, 0) is 65.4 Å². The highest BCUT2D eigenvalue weighted by Gasteiger charge is 2.30. The van der Waals surface area contributed by atoms with Gasteiger partial charge in [0.2, 0.25) is 0 Å². The molecule has 0 spiro atoms. The van der Waals surface area contributed by atoms with Gasteiger partial charge in [0, 0.05) is 25.7 Å². The maximum Gasteiger partial charge on any atom is 0.472 e. The Labute approximate surface area is 562 Å². The third kappa shape index (κ3) is 66.7. The molecule has 0 saturated carbocycles. The summed E-state index contributed by atoms with van der Waals surface area (Å²) < 4.78 is 68.4. The van der Waals surface area contributed by atoms with Crippen LogP contribution in [0, 0.1) is 5.92 Å². The number of hydrogen-bond donors (Lipinski definition) is 3. The smallest absolute Gasteiger partial charge is 0.462 e. The van der Waals surface area contributed by atoms with E-state index in [-0.39, 0.29) is 25.7 Å². The van der Waals surface area contributed by atoms with Crippen molar-refractivity contribution in [1.82, 2.24) is 0 Å². The Bertz CT molecular complexity index is 1770. The van der Waals surface area contributed by atoms with Crippen molar-refractivity contribution in [3.05, 3.63) is 0 Å². The van der Waals surface area contributed by atoms with Gasteiger partial charge in [0.25, 0.3) is 0 Å².